The minimum absolute atomic E-state index is 0.781. The maximum Gasteiger partial charge on any atom is 0.0321 e. The van der Waals surface area contributed by atoms with Gasteiger partial charge in [0.1, 0.15) is 0 Å². The molecule has 0 amide bonds. The number of nitrogens with one attached hydrogen (secondary N) is 1. The van der Waals surface area contributed by atoms with Crippen LogP contribution in [0.3, 0.4) is 0 Å². The van der Waals surface area contributed by atoms with Gasteiger partial charge in [0.2, 0.25) is 0 Å². The van der Waals surface area contributed by atoms with E-state index >= 15 is 0 Å². The molecule has 13 heavy (non-hydrogen) atoms. The smallest absolute Gasteiger partial charge is 0.0321 e. The van der Waals surface area contributed by atoms with Crippen molar-refractivity contribution in [2.24, 2.45) is 5.92 Å². The van der Waals surface area contributed by atoms with Crippen LogP contribution in [0, 0.1) is 5.92 Å². The first kappa shape index (κ1) is 9.45. The molecule has 1 fully saturated rings. The summed E-state index contributed by atoms with van der Waals surface area (Å²) in [5.74, 6) is 1.89. The summed E-state index contributed by atoms with van der Waals surface area (Å²) in [5.41, 5.74) is 1.67. The normalized spacial score (nSPS) is 32.2. The molecule has 2 unspecified atom stereocenters. The van der Waals surface area contributed by atoms with Gasteiger partial charge < -0.3 is 5.32 Å². The van der Waals surface area contributed by atoms with Crippen molar-refractivity contribution in [3.63, 3.8) is 0 Å². The Kier molecular flexibility index (Phi) is 3.20. The van der Waals surface area contributed by atoms with E-state index in [0.29, 0.717) is 0 Å². The van der Waals surface area contributed by atoms with E-state index in [2.05, 4.69) is 24.1 Å². The third-order valence-electron chi connectivity index (χ3n) is 3.35. The van der Waals surface area contributed by atoms with Gasteiger partial charge in [-0.05, 0) is 43.2 Å². The van der Waals surface area contributed by atoms with Crippen LogP contribution in [-0.4, -0.2) is 11.8 Å². The van der Waals surface area contributed by atoms with Gasteiger partial charge in [-0.15, -0.1) is 0 Å². The van der Waals surface area contributed by atoms with Gasteiger partial charge in [0.05, 0.1) is 0 Å². The molecule has 0 aromatic heterocycles. The summed E-state index contributed by atoms with van der Waals surface area (Å²) in [6.07, 6.45) is 10.4. The van der Waals surface area contributed by atoms with E-state index in [9.17, 15) is 0 Å². The predicted octanol–water partition coefficient (Wildman–Crippen LogP) is 2.74. The number of hydrogen-bond acceptors (Lipinski definition) is 2. The van der Waals surface area contributed by atoms with Gasteiger partial charge in [-0.3, -0.25) is 0 Å². The molecule has 0 bridgehead atoms. The lowest BCUT2D eigenvalue weighted by Gasteiger charge is -2.27. The molecular weight excluding hydrogens is 178 g/mol. The summed E-state index contributed by atoms with van der Waals surface area (Å²) in [4.78, 5) is 0. The number of fused-ring (bicyclic) bond motifs is 1. The Morgan fingerprint density at radius 2 is 2.23 bits per heavy atom. The van der Waals surface area contributed by atoms with Gasteiger partial charge in [0, 0.05) is 12.0 Å². The molecule has 2 aliphatic rings. The molecule has 0 radical (unpaired) electrons. The molecule has 0 aromatic rings. The summed E-state index contributed by atoms with van der Waals surface area (Å²) in [7, 11) is 0. The highest BCUT2D eigenvalue weighted by molar-refractivity contribution is 7.80. The highest BCUT2D eigenvalue weighted by atomic mass is 32.1. The lowest BCUT2D eigenvalue weighted by Crippen LogP contribution is -2.30. The van der Waals surface area contributed by atoms with Crippen molar-refractivity contribution >= 4 is 12.6 Å². The van der Waals surface area contributed by atoms with E-state index in [0.717, 1.165) is 17.7 Å². The molecule has 1 heterocycles. The molecule has 2 rings (SSSR count). The van der Waals surface area contributed by atoms with Crippen LogP contribution in [0.5, 0.6) is 0 Å². The summed E-state index contributed by atoms with van der Waals surface area (Å²) in [6, 6.07) is 0.781. The molecule has 2 heteroatoms. The summed E-state index contributed by atoms with van der Waals surface area (Å²) in [6.45, 7) is 0. The van der Waals surface area contributed by atoms with Gasteiger partial charge in [0.15, 0.2) is 0 Å². The number of hydrogen-bond donors (Lipinski definition) is 2. The second-order valence-electron chi connectivity index (χ2n) is 4.21. The zero-order valence-corrected chi connectivity index (χ0v) is 9.02. The molecule has 2 atom stereocenters. The second-order valence-corrected chi connectivity index (χ2v) is 4.66. The van der Waals surface area contributed by atoms with Crippen molar-refractivity contribution in [2.75, 3.05) is 5.75 Å². The maximum atomic E-state index is 4.26. The zero-order chi connectivity index (χ0) is 9.10. The number of thiol groups is 1. The fourth-order valence-electron chi connectivity index (χ4n) is 2.64. The van der Waals surface area contributed by atoms with Crippen molar-refractivity contribution in [2.45, 2.75) is 44.6 Å². The molecule has 0 saturated heterocycles. The fourth-order valence-corrected chi connectivity index (χ4v) is 2.79. The predicted molar refractivity (Wildman–Crippen MR) is 60.1 cm³/mol. The standard InChI is InChI=1S/C11H19NS/c13-7-3-4-9-8-12-11-6-2-1-5-10(9)11/h8,10-13H,1-7H2. The van der Waals surface area contributed by atoms with Crippen LogP contribution in [0.25, 0.3) is 0 Å². The van der Waals surface area contributed by atoms with Crippen molar-refractivity contribution in [3.8, 4) is 0 Å². The van der Waals surface area contributed by atoms with E-state index in [1.54, 1.807) is 5.57 Å². The van der Waals surface area contributed by atoms with Crippen molar-refractivity contribution in [1.29, 1.82) is 0 Å². The van der Waals surface area contributed by atoms with Crippen LogP contribution in [0.1, 0.15) is 38.5 Å². The minimum Gasteiger partial charge on any atom is -0.388 e. The number of rotatable bonds is 3. The van der Waals surface area contributed by atoms with E-state index in [1.165, 1.54) is 38.5 Å². The van der Waals surface area contributed by atoms with Crippen LogP contribution in [0.4, 0.5) is 0 Å². The average molecular weight is 197 g/mol. The first-order chi connectivity index (χ1) is 6.42. The Morgan fingerprint density at radius 1 is 1.38 bits per heavy atom. The fraction of sp³-hybridized carbons (Fsp3) is 0.818. The SMILES string of the molecule is SCCCC1=CNC2CCCCC12. The van der Waals surface area contributed by atoms with Crippen LogP contribution in [0.15, 0.2) is 11.8 Å². The quantitative estimate of drug-likeness (QED) is 0.663. The van der Waals surface area contributed by atoms with E-state index in [-0.39, 0.29) is 0 Å². The highest BCUT2D eigenvalue weighted by Gasteiger charge is 2.30. The minimum atomic E-state index is 0.781. The van der Waals surface area contributed by atoms with Crippen LogP contribution in [0.2, 0.25) is 0 Å². The third kappa shape index (κ3) is 2.04. The highest BCUT2D eigenvalue weighted by Crippen LogP contribution is 2.35. The lowest BCUT2D eigenvalue weighted by atomic mass is 9.81. The molecule has 0 aromatic carbocycles. The monoisotopic (exact) mass is 197 g/mol. The van der Waals surface area contributed by atoms with E-state index in [4.69, 9.17) is 0 Å². The summed E-state index contributed by atoms with van der Waals surface area (Å²) < 4.78 is 0. The largest absolute Gasteiger partial charge is 0.388 e. The van der Waals surface area contributed by atoms with E-state index in [1.807, 2.05) is 0 Å². The Hall–Kier alpha value is -0.110. The third-order valence-corrected chi connectivity index (χ3v) is 3.66. The van der Waals surface area contributed by atoms with Gasteiger partial charge in [-0.1, -0.05) is 12.8 Å². The Morgan fingerprint density at radius 3 is 3.08 bits per heavy atom. The average Bonchev–Trinajstić information content (AvgIpc) is 2.58. The maximum absolute atomic E-state index is 4.26. The van der Waals surface area contributed by atoms with Crippen LogP contribution < -0.4 is 5.32 Å². The molecule has 1 aliphatic heterocycles. The molecule has 1 saturated carbocycles. The zero-order valence-electron chi connectivity index (χ0n) is 8.13. The van der Waals surface area contributed by atoms with Crippen LogP contribution >= 0.6 is 12.6 Å². The Bertz CT molecular complexity index is 200. The summed E-state index contributed by atoms with van der Waals surface area (Å²) in [5, 5.41) is 3.53. The molecule has 0 spiro atoms. The molecule has 74 valence electrons. The molecule has 1 aliphatic carbocycles. The van der Waals surface area contributed by atoms with Gasteiger partial charge in [-0.25, -0.2) is 0 Å². The molecule has 1 N–H and O–H groups in total. The Labute approximate surface area is 86.4 Å². The first-order valence-electron chi connectivity index (χ1n) is 5.47. The Balaban J connectivity index is 1.89. The van der Waals surface area contributed by atoms with Gasteiger partial charge >= 0.3 is 0 Å². The van der Waals surface area contributed by atoms with E-state index < -0.39 is 0 Å². The first-order valence-corrected chi connectivity index (χ1v) is 6.11. The van der Waals surface area contributed by atoms with Crippen LogP contribution in [-0.2, 0) is 0 Å². The molecule has 1 nitrogen and oxygen atoms in total. The van der Waals surface area contributed by atoms with Crippen molar-refractivity contribution in [1.82, 2.24) is 5.32 Å². The van der Waals surface area contributed by atoms with Crippen molar-refractivity contribution < 1.29 is 0 Å². The van der Waals surface area contributed by atoms with Crippen molar-refractivity contribution in [3.05, 3.63) is 11.8 Å². The molecular formula is C11H19NS. The second kappa shape index (κ2) is 4.41. The lowest BCUT2D eigenvalue weighted by molar-refractivity contribution is 0.337. The van der Waals surface area contributed by atoms with Gasteiger partial charge in [0.25, 0.3) is 0 Å². The summed E-state index contributed by atoms with van der Waals surface area (Å²) >= 11 is 4.26. The van der Waals surface area contributed by atoms with Gasteiger partial charge in [-0.2, -0.15) is 12.6 Å². The topological polar surface area (TPSA) is 12.0 Å².